The van der Waals surface area contributed by atoms with E-state index in [0.29, 0.717) is 12.8 Å². The molecule has 1 N–H and O–H groups in total. The maximum absolute atomic E-state index is 11.4. The zero-order valence-electron chi connectivity index (χ0n) is 20.4. The van der Waals surface area contributed by atoms with Crippen LogP contribution in [0.3, 0.4) is 0 Å². The molecule has 0 aliphatic rings. The number of rotatable bonds is 22. The Hall–Kier alpha value is 1.51. The van der Waals surface area contributed by atoms with Crippen LogP contribution in [0.25, 0.3) is 0 Å². The molecule has 0 fully saturated rings. The van der Waals surface area contributed by atoms with Gasteiger partial charge in [-0.15, -0.1) is 0 Å². The predicted octanol–water partition coefficient (Wildman–Crippen LogP) is 4.11. The van der Waals surface area contributed by atoms with Crippen molar-refractivity contribution in [2.45, 2.75) is 154 Å². The Labute approximate surface area is 230 Å². The first kappa shape index (κ1) is 33.7. The second-order valence-electron chi connectivity index (χ2n) is 8.87. The third-order valence-electron chi connectivity index (χ3n) is 5.99. The molecular weight excluding hydrogens is 423 g/mol. The monoisotopic (exact) mass is 472 g/mol. The molecule has 0 aliphatic carbocycles. The van der Waals surface area contributed by atoms with Crippen molar-refractivity contribution >= 4 is 10.1 Å². The van der Waals surface area contributed by atoms with Gasteiger partial charge < -0.3 is 9.66 Å². The standard InChI is InChI=1S/C24H50O4S.K/c1-3-5-7-9-10-11-12-15-19-23(25)20-16-13-14-18-22-24(29(26,27)28)21-17-8-6-4-2;/h23-25H,3-22H2,1-2H3,(H,26,27,28);/q;+1/p-1. The van der Waals surface area contributed by atoms with E-state index in [1.807, 2.05) is 0 Å². The summed E-state index contributed by atoms with van der Waals surface area (Å²) in [5, 5.41) is 9.39. The van der Waals surface area contributed by atoms with Gasteiger partial charge in [-0.05, 0) is 25.7 Å². The van der Waals surface area contributed by atoms with Gasteiger partial charge in [0.1, 0.15) is 0 Å². The largest absolute Gasteiger partial charge is 1.00 e. The van der Waals surface area contributed by atoms with Gasteiger partial charge in [0.25, 0.3) is 0 Å². The molecule has 0 aliphatic heterocycles. The molecule has 0 rings (SSSR count). The van der Waals surface area contributed by atoms with Gasteiger partial charge >= 0.3 is 51.4 Å². The van der Waals surface area contributed by atoms with Crippen LogP contribution in [0.4, 0.5) is 0 Å². The second-order valence-corrected chi connectivity index (χ2v) is 10.5. The number of unbranched alkanes of at least 4 members (excludes halogenated alkanes) is 13. The molecule has 0 saturated heterocycles. The molecule has 4 nitrogen and oxygen atoms in total. The normalized spacial score (nSPS) is 13.7. The predicted molar refractivity (Wildman–Crippen MR) is 123 cm³/mol. The molecule has 0 aromatic rings. The number of hydrogen-bond donors (Lipinski definition) is 1. The minimum Gasteiger partial charge on any atom is -0.748 e. The fraction of sp³-hybridized carbons (Fsp3) is 1.00. The topological polar surface area (TPSA) is 77.4 Å². The van der Waals surface area contributed by atoms with E-state index in [0.717, 1.165) is 70.6 Å². The smallest absolute Gasteiger partial charge is 0.748 e. The van der Waals surface area contributed by atoms with Gasteiger partial charge in [-0.1, -0.05) is 117 Å². The first-order chi connectivity index (χ1) is 13.9. The summed E-state index contributed by atoms with van der Waals surface area (Å²) in [6.45, 7) is 4.36. The Bertz CT molecular complexity index is 442. The first-order valence-corrected chi connectivity index (χ1v) is 14.0. The average Bonchev–Trinajstić information content (AvgIpc) is 2.67. The first-order valence-electron chi connectivity index (χ1n) is 12.5. The summed E-state index contributed by atoms with van der Waals surface area (Å²) in [5.41, 5.74) is 0. The van der Waals surface area contributed by atoms with Crippen molar-refractivity contribution in [2.75, 3.05) is 0 Å². The molecule has 176 valence electrons. The maximum Gasteiger partial charge on any atom is 1.00 e. The van der Waals surface area contributed by atoms with Crippen LogP contribution in [0, 0.1) is 0 Å². The van der Waals surface area contributed by atoms with Crippen LogP contribution in [-0.2, 0) is 10.1 Å². The van der Waals surface area contributed by atoms with Gasteiger partial charge in [0.15, 0.2) is 0 Å². The Balaban J connectivity index is 0. The molecule has 6 heteroatoms. The SMILES string of the molecule is CCCCCCCCCCC(O)CCCCCCC(CCCCCC)S(=O)(=O)[O-].[K+]. The Kier molecular flexibility index (Phi) is 26.6. The van der Waals surface area contributed by atoms with Crippen LogP contribution in [0.15, 0.2) is 0 Å². The van der Waals surface area contributed by atoms with Crippen molar-refractivity contribution < 1.29 is 69.5 Å². The quantitative estimate of drug-likeness (QED) is 0.146. The van der Waals surface area contributed by atoms with E-state index < -0.39 is 15.4 Å². The zero-order valence-corrected chi connectivity index (χ0v) is 24.3. The third kappa shape index (κ3) is 22.7. The molecule has 0 radical (unpaired) electrons. The van der Waals surface area contributed by atoms with Crippen LogP contribution in [0.5, 0.6) is 0 Å². The van der Waals surface area contributed by atoms with Crippen LogP contribution >= 0.6 is 0 Å². The Morgan fingerprint density at radius 1 is 0.600 bits per heavy atom. The number of aliphatic hydroxyl groups is 1. The van der Waals surface area contributed by atoms with Crippen molar-refractivity contribution in [3.05, 3.63) is 0 Å². The molecular formula is C24H49KO4S. The van der Waals surface area contributed by atoms with Gasteiger partial charge in [-0.2, -0.15) is 0 Å². The van der Waals surface area contributed by atoms with Gasteiger partial charge in [0, 0.05) is 5.25 Å². The molecule has 0 spiro atoms. The van der Waals surface area contributed by atoms with Crippen molar-refractivity contribution in [1.82, 2.24) is 0 Å². The van der Waals surface area contributed by atoms with Crippen LogP contribution < -0.4 is 51.4 Å². The molecule has 0 aromatic carbocycles. The van der Waals surface area contributed by atoms with Crippen LogP contribution in [0.1, 0.15) is 142 Å². The van der Waals surface area contributed by atoms with E-state index in [-0.39, 0.29) is 57.5 Å². The molecule has 0 bridgehead atoms. The maximum atomic E-state index is 11.4. The van der Waals surface area contributed by atoms with Gasteiger partial charge in [-0.25, -0.2) is 8.42 Å². The van der Waals surface area contributed by atoms with E-state index in [4.69, 9.17) is 0 Å². The fourth-order valence-corrected chi connectivity index (χ4v) is 4.91. The molecule has 30 heavy (non-hydrogen) atoms. The number of aliphatic hydroxyl groups excluding tert-OH is 1. The van der Waals surface area contributed by atoms with Crippen LogP contribution in [-0.4, -0.2) is 29.4 Å². The Morgan fingerprint density at radius 2 is 0.900 bits per heavy atom. The summed E-state index contributed by atoms with van der Waals surface area (Å²) in [6, 6.07) is 0. The van der Waals surface area contributed by atoms with Crippen molar-refractivity contribution in [1.29, 1.82) is 0 Å². The minimum absolute atomic E-state index is 0. The Morgan fingerprint density at radius 3 is 1.27 bits per heavy atom. The molecule has 2 unspecified atom stereocenters. The summed E-state index contributed by atoms with van der Waals surface area (Å²) in [5.74, 6) is 0. The average molecular weight is 473 g/mol. The molecule has 0 aromatic heterocycles. The summed E-state index contributed by atoms with van der Waals surface area (Å²) in [7, 11) is -4.17. The minimum atomic E-state index is -4.17. The third-order valence-corrected chi connectivity index (χ3v) is 7.28. The number of hydrogen-bond acceptors (Lipinski definition) is 4. The summed E-state index contributed by atoms with van der Waals surface area (Å²) in [4.78, 5) is 0. The summed E-state index contributed by atoms with van der Waals surface area (Å²) < 4.78 is 34.3. The van der Waals surface area contributed by atoms with E-state index in [2.05, 4.69) is 13.8 Å². The van der Waals surface area contributed by atoms with E-state index in [1.165, 1.54) is 44.9 Å². The summed E-state index contributed by atoms with van der Waals surface area (Å²) >= 11 is 0. The van der Waals surface area contributed by atoms with E-state index >= 15 is 0 Å². The molecule has 0 saturated carbocycles. The van der Waals surface area contributed by atoms with Crippen molar-refractivity contribution in [3.8, 4) is 0 Å². The van der Waals surface area contributed by atoms with E-state index in [9.17, 15) is 18.1 Å². The van der Waals surface area contributed by atoms with Crippen molar-refractivity contribution in [3.63, 3.8) is 0 Å². The molecule has 0 heterocycles. The van der Waals surface area contributed by atoms with Crippen LogP contribution in [0.2, 0.25) is 0 Å². The van der Waals surface area contributed by atoms with E-state index in [1.54, 1.807) is 0 Å². The zero-order chi connectivity index (χ0) is 21.8. The van der Waals surface area contributed by atoms with Crippen molar-refractivity contribution in [2.24, 2.45) is 0 Å². The summed E-state index contributed by atoms with van der Waals surface area (Å²) in [6.07, 6.45) is 20.7. The second kappa shape index (κ2) is 23.7. The van der Waals surface area contributed by atoms with Gasteiger partial charge in [0.2, 0.25) is 0 Å². The van der Waals surface area contributed by atoms with Gasteiger partial charge in [0.05, 0.1) is 16.2 Å². The fourth-order valence-electron chi connectivity index (χ4n) is 4.00. The van der Waals surface area contributed by atoms with Gasteiger partial charge in [-0.3, -0.25) is 0 Å². The molecule has 2 atom stereocenters. The molecule has 0 amide bonds.